The third-order valence-corrected chi connectivity index (χ3v) is 6.14. The number of fused-ring (bicyclic) bond motifs is 1. The molecule has 174 valence electrons. The predicted molar refractivity (Wildman–Crippen MR) is 125 cm³/mol. The highest BCUT2D eigenvalue weighted by molar-refractivity contribution is 5.93. The van der Waals surface area contributed by atoms with Crippen molar-refractivity contribution in [3.05, 3.63) is 81.7 Å². The summed E-state index contributed by atoms with van der Waals surface area (Å²) in [5.41, 5.74) is 2.16. The van der Waals surface area contributed by atoms with E-state index in [1.54, 1.807) is 26.2 Å². The molecule has 0 saturated carbocycles. The summed E-state index contributed by atoms with van der Waals surface area (Å²) < 4.78 is 35.8. The van der Waals surface area contributed by atoms with E-state index in [2.05, 4.69) is 9.97 Å². The molecule has 4 aromatic rings. The van der Waals surface area contributed by atoms with Crippen LogP contribution in [0.2, 0.25) is 0 Å². The summed E-state index contributed by atoms with van der Waals surface area (Å²) in [6, 6.07) is 8.89. The Bertz CT molecular complexity index is 1470. The van der Waals surface area contributed by atoms with Gasteiger partial charge in [-0.15, -0.1) is 0 Å². The maximum Gasteiger partial charge on any atom is 0.263 e. The third-order valence-electron chi connectivity index (χ3n) is 6.14. The number of morpholine rings is 1. The molecule has 1 saturated heterocycles. The highest BCUT2D eigenvalue weighted by Gasteiger charge is 2.26. The van der Waals surface area contributed by atoms with Gasteiger partial charge >= 0.3 is 0 Å². The van der Waals surface area contributed by atoms with Crippen LogP contribution in [0.1, 0.15) is 23.2 Å². The number of aryl methyl sites for hydroxylation is 2. The Balaban J connectivity index is 1.66. The number of rotatable bonds is 3. The molecule has 3 aromatic heterocycles. The van der Waals surface area contributed by atoms with Crippen molar-refractivity contribution >= 4 is 16.7 Å². The fourth-order valence-electron chi connectivity index (χ4n) is 4.25. The lowest BCUT2D eigenvalue weighted by atomic mass is 10.1. The second kappa shape index (κ2) is 8.57. The van der Waals surface area contributed by atoms with Crippen molar-refractivity contribution in [2.24, 2.45) is 7.05 Å². The molecule has 0 bridgehead atoms. The monoisotopic (exact) mass is 463 g/mol. The molecule has 1 fully saturated rings. The number of benzene rings is 1. The maximum atomic E-state index is 14.8. The zero-order chi connectivity index (χ0) is 24.0. The Labute approximate surface area is 194 Å². The van der Waals surface area contributed by atoms with Crippen molar-refractivity contribution in [1.82, 2.24) is 19.5 Å². The number of ether oxygens (including phenoxy) is 1. The van der Waals surface area contributed by atoms with Gasteiger partial charge in [0.2, 0.25) is 0 Å². The summed E-state index contributed by atoms with van der Waals surface area (Å²) in [6.07, 6.45) is 1.55. The van der Waals surface area contributed by atoms with Gasteiger partial charge in [-0.2, -0.15) is 0 Å². The first kappa shape index (κ1) is 22.1. The second-order valence-corrected chi connectivity index (χ2v) is 8.41. The SMILES string of the molecule is Cc1cc([C@@H]2CN(c3cc4nc(C)n(C)c(=O)c4c(-c4ccc(F)cc4F)n3)CCO2)ccn1. The van der Waals surface area contributed by atoms with Crippen molar-refractivity contribution in [2.45, 2.75) is 20.0 Å². The molecule has 5 rings (SSSR count). The normalized spacial score (nSPS) is 16.3. The molecule has 0 aliphatic carbocycles. The van der Waals surface area contributed by atoms with Crippen molar-refractivity contribution in [1.29, 1.82) is 0 Å². The number of halogens is 2. The Hall–Kier alpha value is -3.72. The van der Waals surface area contributed by atoms with Gasteiger partial charge in [-0.05, 0) is 43.7 Å². The Morgan fingerprint density at radius 2 is 1.91 bits per heavy atom. The van der Waals surface area contributed by atoms with Gasteiger partial charge in [0.25, 0.3) is 5.56 Å². The average molecular weight is 463 g/mol. The van der Waals surface area contributed by atoms with Crippen LogP contribution in [0.5, 0.6) is 0 Å². The van der Waals surface area contributed by atoms with Gasteiger partial charge in [-0.1, -0.05) is 0 Å². The van der Waals surface area contributed by atoms with E-state index in [0.29, 0.717) is 36.9 Å². The van der Waals surface area contributed by atoms with E-state index < -0.39 is 11.6 Å². The van der Waals surface area contributed by atoms with Gasteiger partial charge in [0.05, 0.1) is 23.2 Å². The Morgan fingerprint density at radius 3 is 2.68 bits per heavy atom. The summed E-state index contributed by atoms with van der Waals surface area (Å²) in [5.74, 6) is -0.425. The van der Waals surface area contributed by atoms with E-state index in [0.717, 1.165) is 23.4 Å². The largest absolute Gasteiger partial charge is 0.370 e. The molecule has 1 aromatic carbocycles. The van der Waals surface area contributed by atoms with E-state index in [1.807, 2.05) is 24.0 Å². The maximum absolute atomic E-state index is 14.8. The minimum atomic E-state index is -0.791. The van der Waals surface area contributed by atoms with Crippen LogP contribution in [0, 0.1) is 25.5 Å². The lowest BCUT2D eigenvalue weighted by Crippen LogP contribution is -2.39. The highest BCUT2D eigenvalue weighted by atomic mass is 19.1. The zero-order valence-electron chi connectivity index (χ0n) is 19.0. The molecule has 7 nitrogen and oxygen atoms in total. The molecule has 9 heteroatoms. The van der Waals surface area contributed by atoms with E-state index in [9.17, 15) is 13.6 Å². The minimum Gasteiger partial charge on any atom is -0.370 e. The van der Waals surface area contributed by atoms with Crippen LogP contribution in [0.3, 0.4) is 0 Å². The van der Waals surface area contributed by atoms with E-state index >= 15 is 0 Å². The standard InChI is InChI=1S/C25H23F2N5O2/c1-14-10-16(6-7-28-14)21-13-32(8-9-34-21)22-12-20-23(25(33)31(3)15(2)29-20)24(30-22)18-5-4-17(26)11-19(18)27/h4-7,10-12,21H,8-9,13H2,1-3H3/t21-/m0/s1. The molecule has 0 N–H and O–H groups in total. The number of hydrogen-bond donors (Lipinski definition) is 0. The van der Waals surface area contributed by atoms with E-state index in [4.69, 9.17) is 9.72 Å². The lowest BCUT2D eigenvalue weighted by molar-refractivity contribution is 0.0394. The van der Waals surface area contributed by atoms with Crippen molar-refractivity contribution in [3.63, 3.8) is 0 Å². The highest BCUT2D eigenvalue weighted by Crippen LogP contribution is 2.32. The zero-order valence-corrected chi connectivity index (χ0v) is 19.0. The third kappa shape index (κ3) is 3.92. The van der Waals surface area contributed by atoms with E-state index in [-0.39, 0.29) is 28.3 Å². The van der Waals surface area contributed by atoms with Crippen molar-refractivity contribution in [3.8, 4) is 11.3 Å². The molecule has 1 aliphatic heterocycles. The summed E-state index contributed by atoms with van der Waals surface area (Å²) >= 11 is 0. The van der Waals surface area contributed by atoms with Gasteiger partial charge in [0.15, 0.2) is 0 Å². The fourth-order valence-corrected chi connectivity index (χ4v) is 4.25. The van der Waals surface area contributed by atoms with Crippen molar-refractivity contribution in [2.75, 3.05) is 24.6 Å². The lowest BCUT2D eigenvalue weighted by Gasteiger charge is -2.34. The van der Waals surface area contributed by atoms with Crippen LogP contribution < -0.4 is 10.5 Å². The number of nitrogens with zero attached hydrogens (tertiary/aromatic N) is 5. The smallest absolute Gasteiger partial charge is 0.263 e. The summed E-state index contributed by atoms with van der Waals surface area (Å²) in [4.78, 5) is 28.7. The second-order valence-electron chi connectivity index (χ2n) is 8.41. The first-order valence-electron chi connectivity index (χ1n) is 10.9. The van der Waals surface area contributed by atoms with Gasteiger partial charge in [0.1, 0.15) is 29.4 Å². The van der Waals surface area contributed by atoms with Crippen LogP contribution in [-0.2, 0) is 11.8 Å². The van der Waals surface area contributed by atoms with Gasteiger partial charge in [-0.25, -0.2) is 18.7 Å². The first-order valence-corrected chi connectivity index (χ1v) is 10.9. The van der Waals surface area contributed by atoms with Gasteiger partial charge in [-0.3, -0.25) is 14.3 Å². The molecule has 1 aliphatic rings. The number of aromatic nitrogens is 4. The average Bonchev–Trinajstić information content (AvgIpc) is 2.82. The Kier molecular flexibility index (Phi) is 5.57. The molecule has 1 atom stereocenters. The number of hydrogen-bond acceptors (Lipinski definition) is 6. The fraction of sp³-hybridized carbons (Fsp3) is 0.280. The topological polar surface area (TPSA) is 73.1 Å². The molecular weight excluding hydrogens is 440 g/mol. The summed E-state index contributed by atoms with van der Waals surface area (Å²) in [5, 5.41) is 0.192. The van der Waals surface area contributed by atoms with Crippen LogP contribution in [0.4, 0.5) is 14.6 Å². The van der Waals surface area contributed by atoms with Crippen LogP contribution in [0.25, 0.3) is 22.2 Å². The molecule has 0 spiro atoms. The first-order chi connectivity index (χ1) is 16.3. The summed E-state index contributed by atoms with van der Waals surface area (Å²) in [6.45, 7) is 5.20. The predicted octanol–water partition coefficient (Wildman–Crippen LogP) is 3.86. The van der Waals surface area contributed by atoms with Crippen molar-refractivity contribution < 1.29 is 13.5 Å². The molecule has 0 unspecified atom stereocenters. The molecule has 0 amide bonds. The van der Waals surface area contributed by atoms with Crippen LogP contribution in [0.15, 0.2) is 47.4 Å². The molecular formula is C25H23F2N5O2. The number of anilines is 1. The number of pyridine rings is 2. The summed E-state index contributed by atoms with van der Waals surface area (Å²) in [7, 11) is 1.60. The van der Waals surface area contributed by atoms with E-state index in [1.165, 1.54) is 10.6 Å². The molecule has 34 heavy (non-hydrogen) atoms. The van der Waals surface area contributed by atoms with Gasteiger partial charge < -0.3 is 9.64 Å². The molecule has 4 heterocycles. The van der Waals surface area contributed by atoms with Gasteiger partial charge in [0, 0.05) is 49.7 Å². The van der Waals surface area contributed by atoms with Crippen LogP contribution in [-0.4, -0.2) is 39.2 Å². The van der Waals surface area contributed by atoms with Crippen LogP contribution >= 0.6 is 0 Å². The minimum absolute atomic E-state index is 0.0468. The Morgan fingerprint density at radius 1 is 1.09 bits per heavy atom. The molecule has 0 radical (unpaired) electrons. The quantitative estimate of drug-likeness (QED) is 0.459.